The van der Waals surface area contributed by atoms with Crippen molar-refractivity contribution < 1.29 is 24.2 Å². The molecule has 0 bridgehead atoms. The summed E-state index contributed by atoms with van der Waals surface area (Å²) in [4.78, 5) is 28.9. The zero-order chi connectivity index (χ0) is 19.9. The van der Waals surface area contributed by atoms with Crippen LogP contribution in [0.15, 0.2) is 39.7 Å². The summed E-state index contributed by atoms with van der Waals surface area (Å²) >= 11 is 6.86. The number of nitrogens with zero attached hydrogens (tertiary/aromatic N) is 2. The van der Waals surface area contributed by atoms with E-state index in [0.29, 0.717) is 20.3 Å². The van der Waals surface area contributed by atoms with E-state index >= 15 is 0 Å². The Morgan fingerprint density at radius 1 is 1.33 bits per heavy atom. The molecule has 3 heterocycles. The highest BCUT2D eigenvalue weighted by molar-refractivity contribution is 9.13. The van der Waals surface area contributed by atoms with E-state index in [9.17, 15) is 14.7 Å². The first kappa shape index (κ1) is 20.0. The van der Waals surface area contributed by atoms with E-state index < -0.39 is 29.6 Å². The van der Waals surface area contributed by atoms with Gasteiger partial charge in [0.15, 0.2) is 0 Å². The second kappa shape index (κ2) is 7.37. The highest BCUT2D eigenvalue weighted by atomic mass is 79.9. The average Bonchev–Trinajstić information content (AvgIpc) is 3.07. The van der Waals surface area contributed by atoms with E-state index in [2.05, 4.69) is 36.8 Å². The number of methoxy groups -OCH3 is 1. The first-order chi connectivity index (χ1) is 12.7. The van der Waals surface area contributed by atoms with Crippen molar-refractivity contribution in [3.63, 3.8) is 0 Å². The summed E-state index contributed by atoms with van der Waals surface area (Å²) in [5, 5.41) is 11.4. The van der Waals surface area contributed by atoms with Gasteiger partial charge in [-0.3, -0.25) is 4.98 Å². The van der Waals surface area contributed by atoms with Crippen molar-refractivity contribution in [2.24, 2.45) is 5.92 Å². The number of aromatic nitrogens is 2. The van der Waals surface area contributed by atoms with Gasteiger partial charge in [-0.25, -0.2) is 9.59 Å². The summed E-state index contributed by atoms with van der Waals surface area (Å²) in [5.41, 5.74) is -1.24. The summed E-state index contributed by atoms with van der Waals surface area (Å²) in [6.45, 7) is 3.51. The van der Waals surface area contributed by atoms with Crippen LogP contribution in [0.4, 0.5) is 0 Å². The zero-order valence-corrected chi connectivity index (χ0v) is 18.0. The largest absolute Gasteiger partial charge is 0.467 e. The highest BCUT2D eigenvalue weighted by Gasteiger charge is 2.60. The van der Waals surface area contributed by atoms with Crippen LogP contribution in [0, 0.1) is 5.92 Å². The van der Waals surface area contributed by atoms with E-state index in [-0.39, 0.29) is 6.04 Å². The Bertz CT molecular complexity index is 885. The Morgan fingerprint density at radius 3 is 2.56 bits per heavy atom. The molecule has 9 heteroatoms. The third kappa shape index (κ3) is 3.11. The van der Waals surface area contributed by atoms with E-state index in [1.165, 1.54) is 31.6 Å². The van der Waals surface area contributed by atoms with Gasteiger partial charge >= 0.3 is 11.9 Å². The highest BCUT2D eigenvalue weighted by Crippen LogP contribution is 2.51. The SMILES string of the molecule is COC(=O)[C@]1(O)c2cc(Br)c(Br)n2[C@H](C)[C@H]1[C@@H](C)OC(=O)c1ccncc1. The zero-order valence-electron chi connectivity index (χ0n) is 14.8. The van der Waals surface area contributed by atoms with E-state index in [0.717, 1.165) is 0 Å². The van der Waals surface area contributed by atoms with Gasteiger partial charge in [0, 0.05) is 18.4 Å². The molecule has 1 aliphatic heterocycles. The molecule has 0 aromatic carbocycles. The topological polar surface area (TPSA) is 90.6 Å². The Balaban J connectivity index is 1.98. The maximum atomic E-state index is 12.6. The Hall–Kier alpha value is -1.71. The van der Waals surface area contributed by atoms with Crippen LogP contribution in [0.25, 0.3) is 0 Å². The number of esters is 2. The van der Waals surface area contributed by atoms with Crippen molar-refractivity contribution in [2.75, 3.05) is 7.11 Å². The van der Waals surface area contributed by atoms with Crippen LogP contribution in [-0.4, -0.2) is 39.8 Å². The molecule has 0 unspecified atom stereocenters. The van der Waals surface area contributed by atoms with Gasteiger partial charge in [0.05, 0.1) is 33.4 Å². The molecule has 27 heavy (non-hydrogen) atoms. The van der Waals surface area contributed by atoms with Crippen LogP contribution in [0.3, 0.4) is 0 Å². The number of hydrogen-bond acceptors (Lipinski definition) is 6. The predicted molar refractivity (Wildman–Crippen MR) is 103 cm³/mol. The van der Waals surface area contributed by atoms with E-state index in [4.69, 9.17) is 9.47 Å². The number of hydrogen-bond donors (Lipinski definition) is 1. The Kier molecular flexibility index (Phi) is 5.47. The fourth-order valence-electron chi connectivity index (χ4n) is 3.77. The molecule has 0 aliphatic carbocycles. The lowest BCUT2D eigenvalue weighted by atomic mass is 9.80. The van der Waals surface area contributed by atoms with Crippen molar-refractivity contribution in [3.8, 4) is 0 Å². The molecule has 7 nitrogen and oxygen atoms in total. The van der Waals surface area contributed by atoms with Gasteiger partial charge in [-0.2, -0.15) is 0 Å². The van der Waals surface area contributed by atoms with Crippen LogP contribution >= 0.6 is 31.9 Å². The molecule has 0 spiro atoms. The van der Waals surface area contributed by atoms with Gasteiger partial charge < -0.3 is 19.1 Å². The minimum Gasteiger partial charge on any atom is -0.467 e. The second-order valence-electron chi connectivity index (χ2n) is 6.41. The lowest BCUT2D eigenvalue weighted by molar-refractivity contribution is -0.175. The molecule has 144 valence electrons. The summed E-state index contributed by atoms with van der Waals surface area (Å²) in [6.07, 6.45) is 2.21. The number of halogens is 2. The average molecular weight is 502 g/mol. The van der Waals surface area contributed by atoms with Crippen molar-refractivity contribution in [2.45, 2.75) is 31.6 Å². The van der Waals surface area contributed by atoms with Gasteiger partial charge in [-0.15, -0.1) is 0 Å². The summed E-state index contributed by atoms with van der Waals surface area (Å²) < 4.78 is 13.6. The number of pyridine rings is 1. The van der Waals surface area contributed by atoms with E-state index in [1.807, 2.05) is 6.92 Å². The molecular formula is C18H18Br2N2O5. The summed E-state index contributed by atoms with van der Waals surface area (Å²) in [5.74, 6) is -2.10. The standard InChI is InChI=1S/C18H18Br2N2O5/c1-9-14(10(2)27-16(23)11-4-6-21-7-5-11)18(25,17(24)26-3)13-8-12(19)15(20)22(9)13/h4-10,14,25H,1-3H3/t9-,10-,14+,18+/m1/s1. The fraction of sp³-hybridized carbons (Fsp3) is 0.389. The monoisotopic (exact) mass is 500 g/mol. The minimum absolute atomic E-state index is 0.340. The van der Waals surface area contributed by atoms with E-state index in [1.54, 1.807) is 17.6 Å². The van der Waals surface area contributed by atoms with Gasteiger partial charge in [-0.1, -0.05) is 0 Å². The predicted octanol–water partition coefficient (Wildman–Crippen LogP) is 3.21. The van der Waals surface area contributed by atoms with Gasteiger partial charge in [0.25, 0.3) is 0 Å². The molecular weight excluding hydrogens is 484 g/mol. The molecule has 0 fully saturated rings. The second-order valence-corrected chi connectivity index (χ2v) is 8.01. The molecule has 2 aromatic heterocycles. The Labute approximate surface area is 172 Å². The number of rotatable bonds is 4. The van der Waals surface area contributed by atoms with Gasteiger partial charge in [0.1, 0.15) is 6.10 Å². The van der Waals surface area contributed by atoms with Crippen LogP contribution in [0.5, 0.6) is 0 Å². The lowest BCUT2D eigenvalue weighted by Crippen LogP contribution is -2.47. The first-order valence-corrected chi connectivity index (χ1v) is 9.80. The number of aliphatic hydroxyl groups is 1. The molecule has 0 radical (unpaired) electrons. The number of ether oxygens (including phenoxy) is 2. The number of carbonyl (C=O) groups excluding carboxylic acids is 2. The Morgan fingerprint density at radius 2 is 1.96 bits per heavy atom. The van der Waals surface area contributed by atoms with Crippen LogP contribution in [0.1, 0.15) is 35.9 Å². The van der Waals surface area contributed by atoms with Crippen LogP contribution < -0.4 is 0 Å². The van der Waals surface area contributed by atoms with Gasteiger partial charge in [0.2, 0.25) is 5.60 Å². The maximum Gasteiger partial charge on any atom is 0.344 e. The molecule has 0 saturated heterocycles. The maximum absolute atomic E-state index is 12.6. The molecule has 1 N–H and O–H groups in total. The molecule has 0 amide bonds. The van der Waals surface area contributed by atoms with Crippen molar-refractivity contribution in [1.29, 1.82) is 0 Å². The van der Waals surface area contributed by atoms with Crippen molar-refractivity contribution in [1.82, 2.24) is 9.55 Å². The lowest BCUT2D eigenvalue weighted by Gasteiger charge is -2.33. The van der Waals surface area contributed by atoms with Gasteiger partial charge in [-0.05, 0) is 63.9 Å². The van der Waals surface area contributed by atoms with Crippen molar-refractivity contribution in [3.05, 3.63) is 50.9 Å². The normalized spacial score (nSPS) is 25.0. The molecule has 2 aromatic rings. The molecule has 3 rings (SSSR count). The quantitative estimate of drug-likeness (QED) is 0.647. The molecule has 1 aliphatic rings. The minimum atomic E-state index is -1.96. The van der Waals surface area contributed by atoms with Crippen LogP contribution in [-0.2, 0) is 19.9 Å². The first-order valence-electron chi connectivity index (χ1n) is 8.22. The van der Waals surface area contributed by atoms with Crippen LogP contribution in [0.2, 0.25) is 0 Å². The molecule has 0 saturated carbocycles. The smallest absolute Gasteiger partial charge is 0.344 e. The number of fused-ring (bicyclic) bond motifs is 1. The van der Waals surface area contributed by atoms with Crippen molar-refractivity contribution >= 4 is 43.8 Å². The third-order valence-corrected chi connectivity index (χ3v) is 6.89. The molecule has 4 atom stereocenters. The summed E-state index contributed by atoms with van der Waals surface area (Å²) in [6, 6.07) is 4.40. The number of carbonyl (C=O) groups is 2. The third-order valence-electron chi connectivity index (χ3n) is 4.94. The fourth-order valence-corrected chi connectivity index (χ4v) is 4.80. The summed E-state index contributed by atoms with van der Waals surface area (Å²) in [7, 11) is 1.21.